The molecular formula is C13H12FN3O2. The highest BCUT2D eigenvalue weighted by atomic mass is 19.1. The van der Waals surface area contributed by atoms with Gasteiger partial charge in [0.05, 0.1) is 0 Å². The fraction of sp³-hybridized carbons (Fsp3) is 0.0769. The van der Waals surface area contributed by atoms with Gasteiger partial charge in [0.1, 0.15) is 11.4 Å². The molecule has 0 aliphatic carbocycles. The molecule has 1 heterocycles. The second-order valence-corrected chi connectivity index (χ2v) is 3.90. The molecule has 2 aromatic rings. The Morgan fingerprint density at radius 3 is 2.89 bits per heavy atom. The van der Waals surface area contributed by atoms with Gasteiger partial charge in [-0.15, -0.1) is 0 Å². The number of pyridine rings is 1. The maximum Gasteiger partial charge on any atom is 0.188 e. The monoisotopic (exact) mass is 261 g/mol. The summed E-state index contributed by atoms with van der Waals surface area (Å²) in [5.74, 6) is -0.152. The van der Waals surface area contributed by atoms with Crippen molar-refractivity contribution in [2.24, 2.45) is 10.9 Å². The predicted molar refractivity (Wildman–Crippen MR) is 68.0 cm³/mol. The minimum absolute atomic E-state index is 0.108. The number of nitrogens with two attached hydrogens (primary N) is 1. The third-order valence-electron chi connectivity index (χ3n) is 2.42. The molecule has 0 unspecified atom stereocenters. The molecule has 1 aromatic heterocycles. The molecule has 0 bridgehead atoms. The highest BCUT2D eigenvalue weighted by Crippen LogP contribution is 2.25. The van der Waals surface area contributed by atoms with E-state index in [9.17, 15) is 4.39 Å². The molecule has 0 spiro atoms. The molecule has 0 amide bonds. The van der Waals surface area contributed by atoms with Gasteiger partial charge in [-0.1, -0.05) is 11.2 Å². The molecule has 3 N–H and O–H groups in total. The molecular weight excluding hydrogens is 249 g/mol. The van der Waals surface area contributed by atoms with Crippen molar-refractivity contribution in [1.82, 2.24) is 4.98 Å². The molecule has 6 heteroatoms. The number of hydrogen-bond donors (Lipinski definition) is 2. The highest BCUT2D eigenvalue weighted by Gasteiger charge is 2.07. The first-order valence-corrected chi connectivity index (χ1v) is 5.48. The Morgan fingerprint density at radius 2 is 2.16 bits per heavy atom. The van der Waals surface area contributed by atoms with E-state index in [1.807, 2.05) is 6.92 Å². The Hall–Kier alpha value is -2.63. The minimum atomic E-state index is -0.465. The third kappa shape index (κ3) is 2.98. The molecule has 0 atom stereocenters. The van der Waals surface area contributed by atoms with Gasteiger partial charge in [-0.2, -0.15) is 0 Å². The van der Waals surface area contributed by atoms with E-state index in [4.69, 9.17) is 15.7 Å². The Bertz CT molecular complexity index is 629. The average molecular weight is 261 g/mol. The van der Waals surface area contributed by atoms with Crippen LogP contribution in [0.25, 0.3) is 0 Å². The lowest BCUT2D eigenvalue weighted by Crippen LogP contribution is -2.14. The van der Waals surface area contributed by atoms with E-state index in [0.29, 0.717) is 5.75 Å². The van der Waals surface area contributed by atoms with Crippen molar-refractivity contribution in [2.45, 2.75) is 6.92 Å². The quantitative estimate of drug-likeness (QED) is 0.385. The summed E-state index contributed by atoms with van der Waals surface area (Å²) in [6.45, 7) is 1.83. The summed E-state index contributed by atoms with van der Waals surface area (Å²) in [6, 6.07) is 7.57. The Labute approximate surface area is 109 Å². The van der Waals surface area contributed by atoms with Gasteiger partial charge in [-0.3, -0.25) is 4.98 Å². The topological polar surface area (TPSA) is 80.7 Å². The van der Waals surface area contributed by atoms with Crippen molar-refractivity contribution in [3.8, 4) is 11.5 Å². The normalized spacial score (nSPS) is 11.4. The van der Waals surface area contributed by atoms with E-state index in [1.165, 1.54) is 18.3 Å². The number of halogens is 1. The van der Waals surface area contributed by atoms with Gasteiger partial charge in [0.15, 0.2) is 17.4 Å². The minimum Gasteiger partial charge on any atom is -0.454 e. The number of aryl methyl sites for hydroxylation is 1. The summed E-state index contributed by atoms with van der Waals surface area (Å²) < 4.78 is 19.0. The number of rotatable bonds is 3. The van der Waals surface area contributed by atoms with Gasteiger partial charge in [-0.05, 0) is 30.7 Å². The number of amidine groups is 1. The fourth-order valence-electron chi connectivity index (χ4n) is 1.48. The standard InChI is InChI=1S/C13H12FN3O2/c1-8-2-3-10(14)12(6-8)19-9-4-5-16-11(7-9)13(15)17-18/h2-7,18H,1H3,(H2,15,17). The number of aromatic nitrogens is 1. The van der Waals surface area contributed by atoms with Gasteiger partial charge in [0.2, 0.25) is 0 Å². The predicted octanol–water partition coefficient (Wildman–Crippen LogP) is 2.42. The molecule has 0 aliphatic heterocycles. The van der Waals surface area contributed by atoms with Crippen molar-refractivity contribution < 1.29 is 14.3 Å². The largest absolute Gasteiger partial charge is 0.454 e. The van der Waals surface area contributed by atoms with Crippen molar-refractivity contribution in [3.05, 3.63) is 53.6 Å². The van der Waals surface area contributed by atoms with Gasteiger partial charge < -0.3 is 15.7 Å². The van der Waals surface area contributed by atoms with Crippen molar-refractivity contribution >= 4 is 5.84 Å². The van der Waals surface area contributed by atoms with Gasteiger partial charge in [0.25, 0.3) is 0 Å². The van der Waals surface area contributed by atoms with E-state index in [1.54, 1.807) is 18.2 Å². The lowest BCUT2D eigenvalue weighted by Gasteiger charge is -2.08. The number of nitrogens with zero attached hydrogens (tertiary/aromatic N) is 2. The lowest BCUT2D eigenvalue weighted by molar-refractivity contribution is 0.318. The summed E-state index contributed by atoms with van der Waals surface area (Å²) in [5, 5.41) is 11.4. The molecule has 0 fully saturated rings. The van der Waals surface area contributed by atoms with Crippen LogP contribution in [0.1, 0.15) is 11.3 Å². The zero-order valence-corrected chi connectivity index (χ0v) is 10.2. The van der Waals surface area contributed by atoms with Crippen LogP contribution in [0.2, 0.25) is 0 Å². The van der Waals surface area contributed by atoms with Crippen LogP contribution in [-0.4, -0.2) is 16.0 Å². The SMILES string of the molecule is Cc1ccc(F)c(Oc2ccnc(C(N)=NO)c2)c1. The molecule has 0 saturated heterocycles. The molecule has 19 heavy (non-hydrogen) atoms. The van der Waals surface area contributed by atoms with E-state index in [0.717, 1.165) is 5.56 Å². The zero-order chi connectivity index (χ0) is 13.8. The molecule has 2 rings (SSSR count). The van der Waals surface area contributed by atoms with Crippen LogP contribution < -0.4 is 10.5 Å². The summed E-state index contributed by atoms with van der Waals surface area (Å²) >= 11 is 0. The van der Waals surface area contributed by atoms with E-state index >= 15 is 0 Å². The lowest BCUT2D eigenvalue weighted by atomic mass is 10.2. The van der Waals surface area contributed by atoms with Gasteiger partial charge in [0, 0.05) is 12.3 Å². The summed E-state index contributed by atoms with van der Waals surface area (Å²) in [7, 11) is 0. The van der Waals surface area contributed by atoms with E-state index in [2.05, 4.69) is 10.1 Å². The van der Waals surface area contributed by atoms with Crippen LogP contribution in [0.15, 0.2) is 41.7 Å². The van der Waals surface area contributed by atoms with Crippen LogP contribution >= 0.6 is 0 Å². The summed E-state index contributed by atoms with van der Waals surface area (Å²) in [6.07, 6.45) is 1.43. The number of benzene rings is 1. The van der Waals surface area contributed by atoms with Gasteiger partial charge >= 0.3 is 0 Å². The number of ether oxygens (including phenoxy) is 1. The molecule has 0 saturated carbocycles. The van der Waals surface area contributed by atoms with Crippen LogP contribution in [0.5, 0.6) is 11.5 Å². The first kappa shape index (κ1) is 12.8. The van der Waals surface area contributed by atoms with Crippen molar-refractivity contribution in [2.75, 3.05) is 0 Å². The van der Waals surface area contributed by atoms with Crippen LogP contribution in [0, 0.1) is 12.7 Å². The molecule has 0 radical (unpaired) electrons. The number of hydrogen-bond acceptors (Lipinski definition) is 4. The second-order valence-electron chi connectivity index (χ2n) is 3.90. The maximum absolute atomic E-state index is 13.6. The van der Waals surface area contributed by atoms with E-state index < -0.39 is 5.82 Å². The zero-order valence-electron chi connectivity index (χ0n) is 10.2. The number of oxime groups is 1. The fourth-order valence-corrected chi connectivity index (χ4v) is 1.48. The first-order chi connectivity index (χ1) is 9.10. The highest BCUT2D eigenvalue weighted by molar-refractivity contribution is 5.95. The molecule has 98 valence electrons. The van der Waals surface area contributed by atoms with Gasteiger partial charge in [-0.25, -0.2) is 4.39 Å². The average Bonchev–Trinajstić information content (AvgIpc) is 2.42. The van der Waals surface area contributed by atoms with E-state index in [-0.39, 0.29) is 17.3 Å². The molecule has 5 nitrogen and oxygen atoms in total. The van der Waals surface area contributed by atoms with Crippen LogP contribution in [0.3, 0.4) is 0 Å². The molecule has 0 aliphatic rings. The Balaban J connectivity index is 2.31. The smallest absolute Gasteiger partial charge is 0.188 e. The third-order valence-corrected chi connectivity index (χ3v) is 2.42. The Kier molecular flexibility index (Phi) is 3.61. The first-order valence-electron chi connectivity index (χ1n) is 5.48. The second kappa shape index (κ2) is 5.34. The Morgan fingerprint density at radius 1 is 1.37 bits per heavy atom. The molecule has 1 aromatic carbocycles. The summed E-state index contributed by atoms with van der Waals surface area (Å²) in [5.41, 5.74) is 6.54. The summed E-state index contributed by atoms with van der Waals surface area (Å²) in [4.78, 5) is 3.90. The van der Waals surface area contributed by atoms with Crippen molar-refractivity contribution in [3.63, 3.8) is 0 Å². The van der Waals surface area contributed by atoms with Crippen molar-refractivity contribution in [1.29, 1.82) is 0 Å². The van der Waals surface area contributed by atoms with Crippen LogP contribution in [-0.2, 0) is 0 Å². The maximum atomic E-state index is 13.6. The van der Waals surface area contributed by atoms with Crippen LogP contribution in [0.4, 0.5) is 4.39 Å².